The van der Waals surface area contributed by atoms with Crippen LogP contribution >= 0.6 is 0 Å². The molecule has 3 N–H and O–H groups in total. The maximum atomic E-state index is 13.2. The molecular formula is C57H109NO5. The molecule has 0 aromatic carbocycles. The van der Waals surface area contributed by atoms with Gasteiger partial charge in [0.25, 0.3) is 0 Å². The molecule has 1 amide bonds. The van der Waals surface area contributed by atoms with Crippen LogP contribution in [0.4, 0.5) is 0 Å². The van der Waals surface area contributed by atoms with E-state index in [1.165, 1.54) is 193 Å². The fourth-order valence-electron chi connectivity index (χ4n) is 8.70. The number of carbonyl (C=O) groups excluding carboxylic acids is 2. The molecule has 3 unspecified atom stereocenters. The van der Waals surface area contributed by atoms with Crippen LogP contribution in [0.2, 0.25) is 0 Å². The Bertz CT molecular complexity index is 997. The van der Waals surface area contributed by atoms with Gasteiger partial charge >= 0.3 is 5.97 Å². The number of carbonyl (C=O) groups is 2. The zero-order valence-corrected chi connectivity index (χ0v) is 42.5. The molecule has 0 saturated carbocycles. The predicted molar refractivity (Wildman–Crippen MR) is 273 cm³/mol. The van der Waals surface area contributed by atoms with Crippen LogP contribution in [0.15, 0.2) is 24.3 Å². The van der Waals surface area contributed by atoms with E-state index in [-0.39, 0.29) is 24.9 Å². The van der Waals surface area contributed by atoms with Gasteiger partial charge in [-0.15, -0.1) is 0 Å². The van der Waals surface area contributed by atoms with Crippen LogP contribution in [-0.2, 0) is 14.3 Å². The van der Waals surface area contributed by atoms with E-state index >= 15 is 0 Å². The lowest BCUT2D eigenvalue weighted by Gasteiger charge is -2.24. The van der Waals surface area contributed by atoms with Crippen LogP contribution in [-0.4, -0.2) is 46.9 Å². The van der Waals surface area contributed by atoms with Crippen LogP contribution in [0, 0.1) is 0 Å². The highest BCUT2D eigenvalue weighted by atomic mass is 16.5. The first-order valence-corrected chi connectivity index (χ1v) is 28.1. The van der Waals surface area contributed by atoms with Crippen molar-refractivity contribution < 1.29 is 24.5 Å². The van der Waals surface area contributed by atoms with E-state index in [2.05, 4.69) is 50.4 Å². The van der Waals surface area contributed by atoms with Crippen molar-refractivity contribution in [3.63, 3.8) is 0 Å². The zero-order chi connectivity index (χ0) is 45.9. The molecule has 6 heteroatoms. The number of aliphatic hydroxyl groups excluding tert-OH is 2. The SMILES string of the molecule is CCCC/C=C\CCCCCC(CC(=O)NC(CO)C(O)CCCCCCCCCCCCCCCCCC)OC(=O)CCCCCCCCCCC/C=C/CCCCCCCC. The molecule has 0 bridgehead atoms. The lowest BCUT2D eigenvalue weighted by atomic mass is 10.0. The monoisotopic (exact) mass is 888 g/mol. The molecule has 0 saturated heterocycles. The van der Waals surface area contributed by atoms with Crippen molar-refractivity contribution in [1.29, 1.82) is 0 Å². The van der Waals surface area contributed by atoms with Gasteiger partial charge in [-0.3, -0.25) is 9.59 Å². The molecule has 372 valence electrons. The standard InChI is InChI=1S/C57H109NO5/c1-4-7-10-13-16-19-21-23-25-27-28-29-31-33-35-38-41-44-47-50-57(62)63-53(48-45-42-39-36-18-15-12-9-6-3)51-56(61)58-54(52-59)55(60)49-46-43-40-37-34-32-30-26-24-22-20-17-14-11-8-5-2/h15,18,23,25,53-55,59-60H,4-14,16-17,19-22,24,26-52H2,1-3H3,(H,58,61)/b18-15-,25-23+. The molecule has 0 aromatic heterocycles. The molecule has 63 heavy (non-hydrogen) atoms. The Kier molecular flexibility index (Phi) is 50.0. The quantitative estimate of drug-likeness (QED) is 0.0321. The summed E-state index contributed by atoms with van der Waals surface area (Å²) in [5, 5.41) is 23.8. The Labute approximate surface area is 392 Å². The highest BCUT2D eigenvalue weighted by Crippen LogP contribution is 2.18. The second kappa shape index (κ2) is 51.3. The van der Waals surface area contributed by atoms with Gasteiger partial charge in [0, 0.05) is 6.42 Å². The number of nitrogens with one attached hydrogen (secondary N) is 1. The summed E-state index contributed by atoms with van der Waals surface area (Å²) >= 11 is 0. The van der Waals surface area contributed by atoms with E-state index < -0.39 is 18.2 Å². The molecule has 0 fully saturated rings. The minimum absolute atomic E-state index is 0.0698. The molecule has 0 aliphatic carbocycles. The number of aliphatic hydroxyl groups is 2. The summed E-state index contributed by atoms with van der Waals surface area (Å²) in [6.45, 7) is 6.46. The zero-order valence-electron chi connectivity index (χ0n) is 42.5. The summed E-state index contributed by atoms with van der Waals surface area (Å²) in [6.07, 6.45) is 59.7. The first kappa shape index (κ1) is 61.3. The van der Waals surface area contributed by atoms with Gasteiger partial charge in [-0.1, -0.05) is 244 Å². The van der Waals surface area contributed by atoms with E-state index in [4.69, 9.17) is 4.74 Å². The van der Waals surface area contributed by atoms with Crippen LogP contribution in [0.1, 0.15) is 303 Å². The first-order valence-electron chi connectivity index (χ1n) is 28.1. The van der Waals surface area contributed by atoms with Crippen LogP contribution in [0.3, 0.4) is 0 Å². The summed E-state index contributed by atoms with van der Waals surface area (Å²) < 4.78 is 5.93. The average molecular weight is 889 g/mol. The fourth-order valence-corrected chi connectivity index (χ4v) is 8.70. The number of ether oxygens (including phenoxy) is 1. The minimum atomic E-state index is -0.788. The molecule has 0 spiro atoms. The van der Waals surface area contributed by atoms with Gasteiger partial charge in [0.15, 0.2) is 0 Å². The van der Waals surface area contributed by atoms with E-state index in [1.807, 2.05) is 0 Å². The Hall–Kier alpha value is -1.66. The van der Waals surface area contributed by atoms with Crippen molar-refractivity contribution >= 4 is 11.9 Å². The van der Waals surface area contributed by atoms with Gasteiger partial charge in [0.2, 0.25) is 5.91 Å². The van der Waals surface area contributed by atoms with Gasteiger partial charge in [-0.05, 0) is 70.6 Å². The maximum Gasteiger partial charge on any atom is 0.306 e. The Morgan fingerprint density at radius 3 is 1.19 bits per heavy atom. The third kappa shape index (κ3) is 46.7. The summed E-state index contributed by atoms with van der Waals surface area (Å²) in [5.74, 6) is -0.480. The third-order valence-corrected chi connectivity index (χ3v) is 13.0. The van der Waals surface area contributed by atoms with E-state index in [0.29, 0.717) is 19.3 Å². The van der Waals surface area contributed by atoms with Crippen molar-refractivity contribution in [1.82, 2.24) is 5.32 Å². The van der Waals surface area contributed by atoms with Crippen LogP contribution in [0.5, 0.6) is 0 Å². The maximum absolute atomic E-state index is 13.2. The minimum Gasteiger partial charge on any atom is -0.462 e. The second-order valence-electron chi connectivity index (χ2n) is 19.3. The second-order valence-corrected chi connectivity index (χ2v) is 19.3. The summed E-state index contributed by atoms with van der Waals surface area (Å²) in [5.41, 5.74) is 0. The molecule has 0 radical (unpaired) electrons. The van der Waals surface area contributed by atoms with E-state index in [9.17, 15) is 19.8 Å². The van der Waals surface area contributed by atoms with Gasteiger partial charge in [0.05, 0.1) is 25.2 Å². The van der Waals surface area contributed by atoms with Crippen molar-refractivity contribution in [2.45, 2.75) is 322 Å². The smallest absolute Gasteiger partial charge is 0.306 e. The van der Waals surface area contributed by atoms with Crippen molar-refractivity contribution in [3.05, 3.63) is 24.3 Å². The van der Waals surface area contributed by atoms with E-state index in [1.54, 1.807) is 0 Å². The normalized spacial score (nSPS) is 13.3. The van der Waals surface area contributed by atoms with Crippen LogP contribution < -0.4 is 5.32 Å². The number of allylic oxidation sites excluding steroid dienone is 4. The van der Waals surface area contributed by atoms with Gasteiger partial charge in [0.1, 0.15) is 6.10 Å². The Morgan fingerprint density at radius 1 is 0.444 bits per heavy atom. The number of hydrogen-bond acceptors (Lipinski definition) is 5. The molecule has 0 heterocycles. The Morgan fingerprint density at radius 2 is 0.778 bits per heavy atom. The van der Waals surface area contributed by atoms with E-state index in [0.717, 1.165) is 64.2 Å². The first-order chi connectivity index (χ1) is 31.0. The van der Waals surface area contributed by atoms with Gasteiger partial charge in [-0.25, -0.2) is 0 Å². The topological polar surface area (TPSA) is 95.9 Å². The van der Waals surface area contributed by atoms with Crippen molar-refractivity contribution in [2.75, 3.05) is 6.61 Å². The lowest BCUT2D eigenvalue weighted by molar-refractivity contribution is -0.151. The van der Waals surface area contributed by atoms with Gasteiger partial charge < -0.3 is 20.3 Å². The van der Waals surface area contributed by atoms with Crippen molar-refractivity contribution in [3.8, 4) is 0 Å². The molecule has 0 aliphatic heterocycles. The molecular weight excluding hydrogens is 779 g/mol. The number of unbranched alkanes of at least 4 members (excludes halogenated alkanes) is 35. The average Bonchev–Trinajstić information content (AvgIpc) is 3.28. The highest BCUT2D eigenvalue weighted by Gasteiger charge is 2.24. The fraction of sp³-hybridized carbons (Fsp3) is 0.895. The highest BCUT2D eigenvalue weighted by molar-refractivity contribution is 5.77. The number of amides is 1. The third-order valence-electron chi connectivity index (χ3n) is 13.0. The Balaban J connectivity index is 4.36. The summed E-state index contributed by atoms with van der Waals surface area (Å²) in [7, 11) is 0. The predicted octanol–water partition coefficient (Wildman–Crippen LogP) is 17.1. The largest absolute Gasteiger partial charge is 0.462 e. The molecule has 3 atom stereocenters. The van der Waals surface area contributed by atoms with Gasteiger partial charge in [-0.2, -0.15) is 0 Å². The summed E-state index contributed by atoms with van der Waals surface area (Å²) in [6, 6.07) is -0.702. The number of esters is 1. The van der Waals surface area contributed by atoms with Crippen molar-refractivity contribution in [2.24, 2.45) is 0 Å². The molecule has 0 aliphatic rings. The molecule has 6 nitrogen and oxygen atoms in total. The lowest BCUT2D eigenvalue weighted by Crippen LogP contribution is -2.46. The number of hydrogen-bond donors (Lipinski definition) is 3. The summed E-state index contributed by atoms with van der Waals surface area (Å²) in [4.78, 5) is 26.1. The van der Waals surface area contributed by atoms with Crippen LogP contribution in [0.25, 0.3) is 0 Å². The molecule has 0 aromatic rings. The molecule has 0 rings (SSSR count). The number of rotatable bonds is 51.